The number of aromatic nitrogens is 3. The molecule has 186 valence electrons. The molecule has 0 atom stereocenters. The van der Waals surface area contributed by atoms with E-state index >= 15 is 0 Å². The molecule has 1 aliphatic heterocycles. The molecular formula is C26H29N7O3. The molecule has 3 heterocycles. The van der Waals surface area contributed by atoms with Gasteiger partial charge in [-0.3, -0.25) is 14.9 Å². The maximum atomic E-state index is 10.1. The van der Waals surface area contributed by atoms with E-state index < -0.39 is 0 Å². The van der Waals surface area contributed by atoms with Crippen molar-refractivity contribution in [2.75, 3.05) is 64.9 Å². The molecule has 10 heteroatoms. The first-order valence-electron chi connectivity index (χ1n) is 12.0. The van der Waals surface area contributed by atoms with Crippen LogP contribution in [-0.4, -0.2) is 89.7 Å². The lowest BCUT2D eigenvalue weighted by molar-refractivity contribution is 0.101. The Balaban J connectivity index is 1.41. The number of rotatable bonds is 9. The molecule has 0 aliphatic carbocycles. The number of nitriles is 1. The predicted octanol–water partition coefficient (Wildman–Crippen LogP) is 2.72. The zero-order chi connectivity index (χ0) is 24.9. The molecule has 0 amide bonds. The van der Waals surface area contributed by atoms with Crippen molar-refractivity contribution in [3.8, 4) is 17.7 Å². The fraction of sp³-hybridized carbons (Fsp3) is 0.346. The first-order chi connectivity index (χ1) is 17.7. The summed E-state index contributed by atoms with van der Waals surface area (Å²) in [5.41, 5.74) is 3.36. The Bertz CT molecular complexity index is 1390. The van der Waals surface area contributed by atoms with Crippen LogP contribution in [0.3, 0.4) is 0 Å². The number of fused-ring (bicyclic) bond motifs is 2. The van der Waals surface area contributed by atoms with Crippen molar-refractivity contribution in [2.24, 2.45) is 0 Å². The summed E-state index contributed by atoms with van der Waals surface area (Å²) in [6, 6.07) is 13.7. The van der Waals surface area contributed by atoms with Crippen molar-refractivity contribution in [1.82, 2.24) is 25.0 Å². The summed E-state index contributed by atoms with van der Waals surface area (Å²) >= 11 is 0. The van der Waals surface area contributed by atoms with E-state index in [1.165, 1.54) is 0 Å². The number of benzene rings is 2. The van der Waals surface area contributed by atoms with E-state index in [4.69, 9.17) is 14.6 Å². The van der Waals surface area contributed by atoms with Crippen LogP contribution in [-0.2, 0) is 0 Å². The van der Waals surface area contributed by atoms with E-state index in [2.05, 4.69) is 36.4 Å². The Morgan fingerprint density at radius 1 is 1.11 bits per heavy atom. The van der Waals surface area contributed by atoms with Gasteiger partial charge in [0.05, 0.1) is 36.6 Å². The van der Waals surface area contributed by atoms with E-state index in [0.29, 0.717) is 41.5 Å². The molecule has 0 bridgehead atoms. The van der Waals surface area contributed by atoms with Crippen LogP contribution in [0, 0.1) is 11.3 Å². The molecule has 0 unspecified atom stereocenters. The van der Waals surface area contributed by atoms with Crippen molar-refractivity contribution in [3.63, 3.8) is 0 Å². The second-order valence-electron chi connectivity index (χ2n) is 8.71. The van der Waals surface area contributed by atoms with Crippen molar-refractivity contribution in [3.05, 3.63) is 48.2 Å². The topological polar surface area (TPSA) is 123 Å². The summed E-state index contributed by atoms with van der Waals surface area (Å²) in [7, 11) is 1.61. The number of methoxy groups -OCH3 is 1. The largest absolute Gasteiger partial charge is 0.497 e. The fourth-order valence-electron chi connectivity index (χ4n) is 4.49. The molecule has 10 nitrogen and oxygen atoms in total. The van der Waals surface area contributed by atoms with Gasteiger partial charge in [-0.25, -0.2) is 4.98 Å². The number of hydrogen-bond donors (Lipinski definition) is 3. The third kappa shape index (κ3) is 5.04. The van der Waals surface area contributed by atoms with Gasteiger partial charge in [0.25, 0.3) is 0 Å². The Morgan fingerprint density at radius 3 is 2.67 bits per heavy atom. The average molecular weight is 488 g/mol. The number of anilines is 2. The lowest BCUT2D eigenvalue weighted by Gasteiger charge is -2.34. The molecular weight excluding hydrogens is 458 g/mol. The second kappa shape index (κ2) is 10.8. The zero-order valence-corrected chi connectivity index (χ0v) is 20.2. The van der Waals surface area contributed by atoms with Gasteiger partial charge in [0, 0.05) is 55.7 Å². The van der Waals surface area contributed by atoms with E-state index in [1.807, 2.05) is 36.4 Å². The number of nitrogens with one attached hydrogen (secondary N) is 2. The Morgan fingerprint density at radius 2 is 1.92 bits per heavy atom. The summed E-state index contributed by atoms with van der Waals surface area (Å²) in [6.45, 7) is 5.74. The highest BCUT2D eigenvalue weighted by atomic mass is 16.5. The molecule has 3 N–H and O–H groups in total. The molecule has 0 radical (unpaired) electrons. The summed E-state index contributed by atoms with van der Waals surface area (Å²) < 4.78 is 11.5. The van der Waals surface area contributed by atoms with Crippen molar-refractivity contribution in [2.45, 2.75) is 0 Å². The van der Waals surface area contributed by atoms with Gasteiger partial charge < -0.3 is 19.9 Å². The molecule has 1 aliphatic rings. The van der Waals surface area contributed by atoms with Crippen LogP contribution in [0.1, 0.15) is 5.56 Å². The maximum absolute atomic E-state index is 10.1. The fourth-order valence-corrected chi connectivity index (χ4v) is 4.49. The lowest BCUT2D eigenvalue weighted by atomic mass is 10.1. The summed E-state index contributed by atoms with van der Waals surface area (Å²) in [6.07, 6.45) is 1.77. The van der Waals surface area contributed by atoms with E-state index in [1.54, 1.807) is 13.3 Å². The first kappa shape index (κ1) is 23.8. The zero-order valence-electron chi connectivity index (χ0n) is 20.2. The van der Waals surface area contributed by atoms with Crippen LogP contribution in [0.2, 0.25) is 0 Å². The van der Waals surface area contributed by atoms with Gasteiger partial charge in [0.2, 0.25) is 5.88 Å². The molecule has 2 aromatic heterocycles. The summed E-state index contributed by atoms with van der Waals surface area (Å²) in [5.74, 6) is 0.980. The number of ether oxygens (including phenoxy) is 2. The number of pyridine rings is 1. The van der Waals surface area contributed by atoms with Crippen molar-refractivity contribution >= 4 is 33.2 Å². The summed E-state index contributed by atoms with van der Waals surface area (Å²) in [5, 5.41) is 31.5. The van der Waals surface area contributed by atoms with Gasteiger partial charge in [-0.2, -0.15) is 10.4 Å². The molecule has 4 aromatic rings. The van der Waals surface area contributed by atoms with Crippen LogP contribution in [0.4, 0.5) is 11.4 Å². The van der Waals surface area contributed by atoms with Crippen molar-refractivity contribution in [1.29, 1.82) is 5.26 Å². The van der Waals surface area contributed by atoms with Crippen LogP contribution >= 0.6 is 0 Å². The average Bonchev–Trinajstić information content (AvgIpc) is 3.38. The number of aromatic amines is 1. The standard InChI is InChI=1S/C26H29N7O3/c1-35-20-4-5-23-21(15-20)25(29-19-3-2-18-17-28-31-24(18)14-19)22(16-27)26(30-23)36-13-11-33-8-6-32(7-9-33)10-12-34/h2-5,14-15,17,34H,6-13H2,1H3,(H,28,31)(H,29,30). The van der Waals surface area contributed by atoms with Gasteiger partial charge >= 0.3 is 0 Å². The van der Waals surface area contributed by atoms with E-state index in [-0.39, 0.29) is 6.61 Å². The number of hydrogen-bond acceptors (Lipinski definition) is 9. The number of piperazine rings is 1. The van der Waals surface area contributed by atoms with Crippen LogP contribution < -0.4 is 14.8 Å². The van der Waals surface area contributed by atoms with Crippen LogP contribution in [0.25, 0.3) is 21.8 Å². The molecule has 0 spiro atoms. The van der Waals surface area contributed by atoms with Gasteiger partial charge in [-0.15, -0.1) is 0 Å². The molecule has 2 aromatic carbocycles. The Labute approximate surface area is 209 Å². The normalized spacial score (nSPS) is 14.7. The van der Waals surface area contributed by atoms with Gasteiger partial charge in [0.1, 0.15) is 24.0 Å². The number of aliphatic hydroxyl groups is 1. The van der Waals surface area contributed by atoms with Gasteiger partial charge in [-0.1, -0.05) is 0 Å². The SMILES string of the molecule is COc1ccc2nc(OCCN3CCN(CCO)CC3)c(C#N)c(Nc3ccc4cn[nH]c4c3)c2c1. The minimum absolute atomic E-state index is 0.186. The van der Waals surface area contributed by atoms with Gasteiger partial charge in [-0.05, 0) is 36.4 Å². The number of β-amino-alcohol motifs (C(OH)–C–C–N with tert-alkyl or cyclic N) is 1. The number of nitrogens with zero attached hydrogens (tertiary/aromatic N) is 5. The minimum atomic E-state index is 0.186. The Kier molecular flexibility index (Phi) is 7.13. The highest BCUT2D eigenvalue weighted by Gasteiger charge is 2.20. The monoisotopic (exact) mass is 487 g/mol. The maximum Gasteiger partial charge on any atom is 0.234 e. The van der Waals surface area contributed by atoms with Crippen molar-refractivity contribution < 1.29 is 14.6 Å². The van der Waals surface area contributed by atoms with Gasteiger partial charge in [0.15, 0.2) is 0 Å². The molecule has 5 rings (SSSR count). The first-order valence-corrected chi connectivity index (χ1v) is 12.0. The molecule has 1 fully saturated rings. The second-order valence-corrected chi connectivity index (χ2v) is 8.71. The smallest absolute Gasteiger partial charge is 0.234 e. The van der Waals surface area contributed by atoms with E-state index in [9.17, 15) is 5.26 Å². The highest BCUT2D eigenvalue weighted by Crippen LogP contribution is 2.36. The van der Waals surface area contributed by atoms with E-state index in [0.717, 1.165) is 54.7 Å². The highest BCUT2D eigenvalue weighted by molar-refractivity contribution is 5.98. The quantitative estimate of drug-likeness (QED) is 0.327. The number of H-pyrrole nitrogens is 1. The lowest BCUT2D eigenvalue weighted by Crippen LogP contribution is -2.48. The third-order valence-electron chi connectivity index (χ3n) is 6.51. The van der Waals surface area contributed by atoms with Crippen LogP contribution in [0.5, 0.6) is 11.6 Å². The van der Waals surface area contributed by atoms with Crippen LogP contribution in [0.15, 0.2) is 42.6 Å². The summed E-state index contributed by atoms with van der Waals surface area (Å²) in [4.78, 5) is 9.25. The molecule has 0 saturated carbocycles. The predicted molar refractivity (Wildman–Crippen MR) is 138 cm³/mol. The minimum Gasteiger partial charge on any atom is -0.497 e. The number of aliphatic hydroxyl groups excluding tert-OH is 1. The molecule has 1 saturated heterocycles. The molecule has 36 heavy (non-hydrogen) atoms. The third-order valence-corrected chi connectivity index (χ3v) is 6.51. The Hall–Kier alpha value is -3.91.